The standard InChI is InChI=1S/C17H13F3O5S/c1-26(23,24)14-7-3-5-12(9-14)16(22)25-10-15(21)11-4-2-6-13(8-11)17(18,19)20/h2-9H,10H2,1H3. The number of ether oxygens (including phenoxy) is 1. The fraction of sp³-hybridized carbons (Fsp3) is 0.176. The van der Waals surface area contributed by atoms with E-state index in [9.17, 15) is 31.2 Å². The lowest BCUT2D eigenvalue weighted by atomic mass is 10.1. The Kier molecular flexibility index (Phi) is 5.50. The third kappa shape index (κ3) is 4.92. The second-order valence-corrected chi connectivity index (χ2v) is 7.39. The van der Waals surface area contributed by atoms with Crippen molar-refractivity contribution in [3.8, 4) is 0 Å². The van der Waals surface area contributed by atoms with Crippen LogP contribution in [0.5, 0.6) is 0 Å². The summed E-state index contributed by atoms with van der Waals surface area (Å²) in [6.07, 6.45) is -3.63. The Bertz CT molecular complexity index is 949. The lowest BCUT2D eigenvalue weighted by Crippen LogP contribution is -2.15. The van der Waals surface area contributed by atoms with Gasteiger partial charge in [-0.05, 0) is 30.3 Å². The molecule has 2 aromatic rings. The summed E-state index contributed by atoms with van der Waals surface area (Å²) < 4.78 is 65.7. The van der Waals surface area contributed by atoms with Crippen molar-refractivity contribution in [2.24, 2.45) is 0 Å². The topological polar surface area (TPSA) is 77.5 Å². The molecule has 0 unspecified atom stereocenters. The maximum Gasteiger partial charge on any atom is 0.416 e. The summed E-state index contributed by atoms with van der Waals surface area (Å²) in [4.78, 5) is 23.8. The fourth-order valence-corrected chi connectivity index (χ4v) is 2.69. The van der Waals surface area contributed by atoms with E-state index < -0.39 is 39.9 Å². The molecule has 0 N–H and O–H groups in total. The third-order valence-electron chi connectivity index (χ3n) is 3.34. The molecule has 0 saturated heterocycles. The maximum atomic E-state index is 12.7. The first-order valence-corrected chi connectivity index (χ1v) is 9.05. The number of sulfone groups is 1. The molecule has 0 atom stereocenters. The number of halogens is 3. The number of rotatable bonds is 5. The highest BCUT2D eigenvalue weighted by Crippen LogP contribution is 2.29. The van der Waals surface area contributed by atoms with E-state index in [1.165, 1.54) is 24.3 Å². The van der Waals surface area contributed by atoms with Crippen molar-refractivity contribution in [3.05, 3.63) is 65.2 Å². The van der Waals surface area contributed by atoms with Gasteiger partial charge in [0.05, 0.1) is 16.0 Å². The van der Waals surface area contributed by atoms with Gasteiger partial charge in [-0.3, -0.25) is 4.79 Å². The molecule has 5 nitrogen and oxygen atoms in total. The van der Waals surface area contributed by atoms with Gasteiger partial charge in [0.1, 0.15) is 0 Å². The number of esters is 1. The summed E-state index contributed by atoms with van der Waals surface area (Å²) in [6.45, 7) is -0.775. The van der Waals surface area contributed by atoms with Gasteiger partial charge in [0.15, 0.2) is 22.2 Å². The minimum atomic E-state index is -4.60. The van der Waals surface area contributed by atoms with E-state index in [0.29, 0.717) is 6.07 Å². The molecular formula is C17H13F3O5S. The lowest BCUT2D eigenvalue weighted by Gasteiger charge is -2.09. The molecule has 138 valence electrons. The molecule has 0 heterocycles. The highest BCUT2D eigenvalue weighted by Gasteiger charge is 2.31. The summed E-state index contributed by atoms with van der Waals surface area (Å²) >= 11 is 0. The average molecular weight is 386 g/mol. The molecule has 0 fully saturated rings. The lowest BCUT2D eigenvalue weighted by molar-refractivity contribution is -0.137. The predicted octanol–water partition coefficient (Wildman–Crippen LogP) is 3.15. The molecule has 0 aliphatic rings. The monoisotopic (exact) mass is 386 g/mol. The molecule has 0 bridgehead atoms. The van der Waals surface area contributed by atoms with Crippen LogP contribution < -0.4 is 0 Å². The number of Topliss-reactive ketones (excluding diaryl/α,β-unsaturated/α-hetero) is 1. The van der Waals surface area contributed by atoms with E-state index in [1.54, 1.807) is 0 Å². The first kappa shape index (κ1) is 19.6. The van der Waals surface area contributed by atoms with Crippen molar-refractivity contribution >= 4 is 21.6 Å². The molecule has 0 radical (unpaired) electrons. The van der Waals surface area contributed by atoms with Crippen molar-refractivity contribution < 1.29 is 35.9 Å². The SMILES string of the molecule is CS(=O)(=O)c1cccc(C(=O)OCC(=O)c2cccc(C(F)(F)F)c2)c1. The van der Waals surface area contributed by atoms with Crippen LogP contribution in [0.4, 0.5) is 13.2 Å². The largest absolute Gasteiger partial charge is 0.454 e. The minimum absolute atomic E-state index is 0.0928. The van der Waals surface area contributed by atoms with Crippen LogP contribution >= 0.6 is 0 Å². The molecule has 0 aromatic heterocycles. The molecule has 0 aliphatic heterocycles. The van der Waals surface area contributed by atoms with E-state index >= 15 is 0 Å². The highest BCUT2D eigenvalue weighted by atomic mass is 32.2. The van der Waals surface area contributed by atoms with E-state index in [2.05, 4.69) is 0 Å². The molecular weight excluding hydrogens is 373 g/mol. The van der Waals surface area contributed by atoms with Crippen LogP contribution in [-0.4, -0.2) is 33.0 Å². The van der Waals surface area contributed by atoms with E-state index in [4.69, 9.17) is 4.74 Å². The van der Waals surface area contributed by atoms with Gasteiger partial charge in [0.2, 0.25) is 0 Å². The number of benzene rings is 2. The molecule has 2 aromatic carbocycles. The number of carbonyl (C=O) groups is 2. The van der Waals surface area contributed by atoms with Crippen molar-refractivity contribution in [2.45, 2.75) is 11.1 Å². The number of alkyl halides is 3. The predicted molar refractivity (Wildman–Crippen MR) is 85.6 cm³/mol. The van der Waals surface area contributed by atoms with Crippen LogP contribution in [0.15, 0.2) is 53.4 Å². The summed E-state index contributed by atoms with van der Waals surface area (Å²) in [5.74, 6) is -1.78. The van der Waals surface area contributed by atoms with Gasteiger partial charge < -0.3 is 4.74 Å². The van der Waals surface area contributed by atoms with E-state index in [1.807, 2.05) is 0 Å². The average Bonchev–Trinajstić information content (AvgIpc) is 2.58. The second-order valence-electron chi connectivity index (χ2n) is 5.38. The Morgan fingerprint density at radius 2 is 1.62 bits per heavy atom. The quantitative estimate of drug-likeness (QED) is 0.583. The maximum absolute atomic E-state index is 12.7. The Labute approximate surface area is 147 Å². The van der Waals surface area contributed by atoms with Crippen molar-refractivity contribution in [2.75, 3.05) is 12.9 Å². The Morgan fingerprint density at radius 3 is 2.23 bits per heavy atom. The molecule has 0 spiro atoms. The summed E-state index contributed by atoms with van der Waals surface area (Å²) in [6, 6.07) is 8.75. The van der Waals surface area contributed by atoms with Crippen LogP contribution in [0.1, 0.15) is 26.3 Å². The number of hydrogen-bond donors (Lipinski definition) is 0. The van der Waals surface area contributed by atoms with Gasteiger partial charge in [-0.2, -0.15) is 13.2 Å². The number of ketones is 1. The zero-order chi connectivity index (χ0) is 19.5. The third-order valence-corrected chi connectivity index (χ3v) is 4.45. The number of hydrogen-bond acceptors (Lipinski definition) is 5. The summed E-state index contributed by atoms with van der Waals surface area (Å²) in [5, 5.41) is 0. The van der Waals surface area contributed by atoms with Crippen molar-refractivity contribution in [1.82, 2.24) is 0 Å². The minimum Gasteiger partial charge on any atom is -0.454 e. The van der Waals surface area contributed by atoms with E-state index in [-0.39, 0.29) is 16.0 Å². The van der Waals surface area contributed by atoms with Crippen LogP contribution in [0.2, 0.25) is 0 Å². The zero-order valence-electron chi connectivity index (χ0n) is 13.4. The molecule has 0 saturated carbocycles. The van der Waals surface area contributed by atoms with Gasteiger partial charge in [0.25, 0.3) is 0 Å². The van der Waals surface area contributed by atoms with Crippen LogP contribution in [0, 0.1) is 0 Å². The Hall–Kier alpha value is -2.68. The van der Waals surface area contributed by atoms with Crippen molar-refractivity contribution in [3.63, 3.8) is 0 Å². The molecule has 26 heavy (non-hydrogen) atoms. The molecule has 9 heteroatoms. The smallest absolute Gasteiger partial charge is 0.416 e. The van der Waals surface area contributed by atoms with Gasteiger partial charge in [-0.15, -0.1) is 0 Å². The second kappa shape index (κ2) is 7.28. The first-order chi connectivity index (χ1) is 12.0. The molecule has 2 rings (SSSR count). The highest BCUT2D eigenvalue weighted by molar-refractivity contribution is 7.90. The molecule has 0 amide bonds. The van der Waals surface area contributed by atoms with Crippen LogP contribution in [-0.2, 0) is 20.8 Å². The van der Waals surface area contributed by atoms with Crippen LogP contribution in [0.3, 0.4) is 0 Å². The summed E-state index contributed by atoms with van der Waals surface area (Å²) in [5.41, 5.74) is -1.34. The fourth-order valence-electron chi connectivity index (χ4n) is 2.02. The van der Waals surface area contributed by atoms with Crippen molar-refractivity contribution in [1.29, 1.82) is 0 Å². The summed E-state index contributed by atoms with van der Waals surface area (Å²) in [7, 11) is -3.53. The van der Waals surface area contributed by atoms with Gasteiger partial charge in [-0.1, -0.05) is 18.2 Å². The zero-order valence-corrected chi connectivity index (χ0v) is 14.2. The number of carbonyl (C=O) groups excluding carboxylic acids is 2. The normalized spacial score (nSPS) is 11.8. The Morgan fingerprint density at radius 1 is 1.00 bits per heavy atom. The Balaban J connectivity index is 2.09. The first-order valence-electron chi connectivity index (χ1n) is 7.16. The van der Waals surface area contributed by atoms with Gasteiger partial charge in [0, 0.05) is 11.8 Å². The molecule has 0 aliphatic carbocycles. The van der Waals surface area contributed by atoms with Crippen LogP contribution in [0.25, 0.3) is 0 Å². The van der Waals surface area contributed by atoms with Gasteiger partial charge >= 0.3 is 12.1 Å². The van der Waals surface area contributed by atoms with E-state index in [0.717, 1.165) is 24.5 Å². The van der Waals surface area contributed by atoms with Gasteiger partial charge in [-0.25, -0.2) is 13.2 Å².